The Balaban J connectivity index is 2.60. The zero-order valence-electron chi connectivity index (χ0n) is 7.13. The highest BCUT2D eigenvalue weighted by atomic mass is 19.1. The number of aromatic nitrogens is 1. The van der Waals surface area contributed by atoms with Crippen LogP contribution in [-0.4, -0.2) is 11.7 Å². The summed E-state index contributed by atoms with van der Waals surface area (Å²) in [5, 5.41) is 1.01. The lowest BCUT2D eigenvalue weighted by Crippen LogP contribution is -2.12. The van der Waals surface area contributed by atoms with Gasteiger partial charge < -0.3 is 10.7 Å². The summed E-state index contributed by atoms with van der Waals surface area (Å²) in [6.07, 6.45) is 1.83. The largest absolute Gasteiger partial charge is 0.361 e. The third-order valence-corrected chi connectivity index (χ3v) is 2.19. The number of benzene rings is 1. The normalized spacial score (nSPS) is 13.4. The van der Waals surface area contributed by atoms with E-state index in [0.29, 0.717) is 0 Å². The fourth-order valence-corrected chi connectivity index (χ4v) is 1.52. The van der Waals surface area contributed by atoms with E-state index < -0.39 is 12.7 Å². The number of nitrogens with two attached hydrogens (primary N) is 1. The highest BCUT2D eigenvalue weighted by Gasteiger charge is 2.08. The fourth-order valence-electron chi connectivity index (χ4n) is 1.52. The Morgan fingerprint density at radius 3 is 3.00 bits per heavy atom. The number of nitrogens with one attached hydrogen (secondary N) is 1. The highest BCUT2D eigenvalue weighted by Crippen LogP contribution is 2.22. The molecule has 0 unspecified atom stereocenters. The molecule has 3 N–H and O–H groups in total. The Bertz CT molecular complexity index is 408. The van der Waals surface area contributed by atoms with Gasteiger partial charge in [-0.2, -0.15) is 0 Å². The van der Waals surface area contributed by atoms with Crippen LogP contribution in [0.2, 0.25) is 0 Å². The number of alkyl halides is 1. The van der Waals surface area contributed by atoms with Crippen molar-refractivity contribution in [3.05, 3.63) is 36.0 Å². The Hall–Kier alpha value is -1.35. The number of rotatable bonds is 2. The molecule has 0 aliphatic heterocycles. The van der Waals surface area contributed by atoms with Gasteiger partial charge in [0.15, 0.2) is 0 Å². The number of hydrogen-bond donors (Lipinski definition) is 2. The number of halogens is 1. The minimum absolute atomic E-state index is 0.514. The van der Waals surface area contributed by atoms with Crippen LogP contribution in [0.3, 0.4) is 0 Å². The monoisotopic (exact) mass is 178 g/mol. The number of H-pyrrole nitrogens is 1. The van der Waals surface area contributed by atoms with Crippen molar-refractivity contribution in [2.45, 2.75) is 6.04 Å². The first-order valence-electron chi connectivity index (χ1n) is 4.20. The molecule has 1 aromatic carbocycles. The quantitative estimate of drug-likeness (QED) is 0.726. The molecule has 0 fully saturated rings. The maximum Gasteiger partial charge on any atom is 0.109 e. The zero-order chi connectivity index (χ0) is 9.26. The molecule has 1 aromatic heterocycles. The Morgan fingerprint density at radius 2 is 2.23 bits per heavy atom. The highest BCUT2D eigenvalue weighted by molar-refractivity contribution is 5.83. The van der Waals surface area contributed by atoms with E-state index in [1.165, 1.54) is 0 Å². The lowest BCUT2D eigenvalue weighted by atomic mass is 10.0. The summed E-state index contributed by atoms with van der Waals surface area (Å²) in [5.41, 5.74) is 7.49. The SMILES string of the molecule is N[C@@H](CF)c1cccc2[nH]ccc12. The molecule has 0 saturated heterocycles. The average molecular weight is 178 g/mol. The van der Waals surface area contributed by atoms with Crippen molar-refractivity contribution in [2.75, 3.05) is 6.67 Å². The van der Waals surface area contributed by atoms with Crippen molar-refractivity contribution in [1.29, 1.82) is 0 Å². The summed E-state index contributed by atoms with van der Waals surface area (Å²) >= 11 is 0. The molecule has 0 aliphatic carbocycles. The number of aromatic amines is 1. The Labute approximate surface area is 75.6 Å². The molecular weight excluding hydrogens is 167 g/mol. The molecule has 13 heavy (non-hydrogen) atoms. The molecule has 0 amide bonds. The summed E-state index contributed by atoms with van der Waals surface area (Å²) in [6.45, 7) is -0.524. The maximum absolute atomic E-state index is 12.4. The molecule has 0 saturated carbocycles. The van der Waals surface area contributed by atoms with Crippen molar-refractivity contribution in [3.8, 4) is 0 Å². The number of hydrogen-bond acceptors (Lipinski definition) is 1. The molecule has 2 rings (SSSR count). The van der Waals surface area contributed by atoms with Gasteiger partial charge in [0.1, 0.15) is 6.67 Å². The second-order valence-electron chi connectivity index (χ2n) is 3.05. The predicted octanol–water partition coefficient (Wildman–Crippen LogP) is 2.14. The third-order valence-electron chi connectivity index (χ3n) is 2.19. The first-order valence-corrected chi connectivity index (χ1v) is 4.20. The summed E-state index contributed by atoms with van der Waals surface area (Å²) < 4.78 is 12.4. The van der Waals surface area contributed by atoms with E-state index in [-0.39, 0.29) is 0 Å². The van der Waals surface area contributed by atoms with Gasteiger partial charge in [0.2, 0.25) is 0 Å². The average Bonchev–Trinajstić information content (AvgIpc) is 2.63. The van der Waals surface area contributed by atoms with Gasteiger partial charge in [-0.1, -0.05) is 12.1 Å². The molecule has 1 heterocycles. The first-order chi connectivity index (χ1) is 6.33. The topological polar surface area (TPSA) is 41.8 Å². The standard InChI is InChI=1S/C10H11FN2/c11-6-9(12)7-2-1-3-10-8(7)4-5-13-10/h1-5,9,13H,6,12H2/t9-/m0/s1. The minimum Gasteiger partial charge on any atom is -0.361 e. The molecule has 0 radical (unpaired) electrons. The molecule has 0 bridgehead atoms. The maximum atomic E-state index is 12.4. The third kappa shape index (κ3) is 1.31. The summed E-state index contributed by atoms with van der Waals surface area (Å²) in [4.78, 5) is 3.06. The molecule has 1 atom stereocenters. The Kier molecular flexibility index (Phi) is 2.02. The van der Waals surface area contributed by atoms with Gasteiger partial charge in [-0.3, -0.25) is 0 Å². The van der Waals surface area contributed by atoms with Crippen LogP contribution in [-0.2, 0) is 0 Å². The van der Waals surface area contributed by atoms with E-state index >= 15 is 0 Å². The summed E-state index contributed by atoms with van der Waals surface area (Å²) in [7, 11) is 0. The zero-order valence-corrected chi connectivity index (χ0v) is 7.13. The lowest BCUT2D eigenvalue weighted by Gasteiger charge is -2.08. The van der Waals surface area contributed by atoms with Crippen LogP contribution in [0.15, 0.2) is 30.5 Å². The van der Waals surface area contributed by atoms with Crippen LogP contribution in [0.4, 0.5) is 4.39 Å². The van der Waals surface area contributed by atoms with Crippen LogP contribution in [0.1, 0.15) is 11.6 Å². The van der Waals surface area contributed by atoms with E-state index in [1.54, 1.807) is 0 Å². The van der Waals surface area contributed by atoms with Crippen molar-refractivity contribution < 1.29 is 4.39 Å². The van der Waals surface area contributed by atoms with Crippen LogP contribution >= 0.6 is 0 Å². The Morgan fingerprint density at radius 1 is 1.38 bits per heavy atom. The second kappa shape index (κ2) is 3.18. The van der Waals surface area contributed by atoms with E-state index in [0.717, 1.165) is 16.5 Å². The first kappa shape index (κ1) is 8.26. The van der Waals surface area contributed by atoms with Gasteiger partial charge in [0.05, 0.1) is 6.04 Å². The lowest BCUT2D eigenvalue weighted by molar-refractivity contribution is 0.438. The fraction of sp³-hybridized carbons (Fsp3) is 0.200. The van der Waals surface area contributed by atoms with Gasteiger partial charge >= 0.3 is 0 Å². The molecule has 0 spiro atoms. The van der Waals surface area contributed by atoms with Crippen LogP contribution in [0.5, 0.6) is 0 Å². The van der Waals surface area contributed by atoms with Crippen LogP contribution in [0.25, 0.3) is 10.9 Å². The van der Waals surface area contributed by atoms with Gasteiger partial charge in [-0.25, -0.2) is 4.39 Å². The van der Waals surface area contributed by atoms with Gasteiger partial charge in [-0.05, 0) is 17.7 Å². The molecule has 68 valence electrons. The van der Waals surface area contributed by atoms with E-state index in [9.17, 15) is 4.39 Å². The van der Waals surface area contributed by atoms with Crippen LogP contribution < -0.4 is 5.73 Å². The molecule has 3 heteroatoms. The second-order valence-corrected chi connectivity index (χ2v) is 3.05. The van der Waals surface area contributed by atoms with Gasteiger partial charge in [-0.15, -0.1) is 0 Å². The van der Waals surface area contributed by atoms with Crippen molar-refractivity contribution in [1.82, 2.24) is 4.98 Å². The van der Waals surface area contributed by atoms with E-state index in [4.69, 9.17) is 5.73 Å². The molecule has 2 aromatic rings. The van der Waals surface area contributed by atoms with Crippen LogP contribution in [0, 0.1) is 0 Å². The van der Waals surface area contributed by atoms with Crippen molar-refractivity contribution in [3.63, 3.8) is 0 Å². The summed E-state index contributed by atoms with van der Waals surface area (Å²) in [5.74, 6) is 0. The minimum atomic E-state index is -0.524. The van der Waals surface area contributed by atoms with E-state index in [2.05, 4.69) is 4.98 Å². The predicted molar refractivity (Wildman–Crippen MR) is 51.2 cm³/mol. The van der Waals surface area contributed by atoms with Gasteiger partial charge in [0, 0.05) is 17.1 Å². The molecule has 2 nitrogen and oxygen atoms in total. The smallest absolute Gasteiger partial charge is 0.109 e. The summed E-state index contributed by atoms with van der Waals surface area (Å²) in [6, 6.07) is 7.09. The molecular formula is C10H11FN2. The molecule has 0 aliphatic rings. The van der Waals surface area contributed by atoms with Crippen molar-refractivity contribution >= 4 is 10.9 Å². The van der Waals surface area contributed by atoms with Crippen molar-refractivity contribution in [2.24, 2.45) is 5.73 Å². The van der Waals surface area contributed by atoms with E-state index in [1.807, 2.05) is 30.5 Å². The number of fused-ring (bicyclic) bond motifs is 1. The van der Waals surface area contributed by atoms with Gasteiger partial charge in [0.25, 0.3) is 0 Å².